The van der Waals surface area contributed by atoms with Crippen molar-refractivity contribution in [1.29, 1.82) is 0 Å². The third-order valence-electron chi connectivity index (χ3n) is 3.72. The molecule has 1 amide bonds. The summed E-state index contributed by atoms with van der Waals surface area (Å²) in [5.74, 6) is -0.865. The molecule has 0 aliphatic heterocycles. The van der Waals surface area contributed by atoms with Crippen LogP contribution in [0.2, 0.25) is 5.02 Å². The van der Waals surface area contributed by atoms with Gasteiger partial charge < -0.3 is 14.8 Å². The molecule has 0 saturated heterocycles. The number of benzene rings is 2. The number of nitro benzene ring substituents is 1. The molecule has 0 spiro atoms. The summed E-state index contributed by atoms with van der Waals surface area (Å²) in [5, 5.41) is 13.4. The topological polar surface area (TPSA) is 108 Å². The van der Waals surface area contributed by atoms with Gasteiger partial charge in [0, 0.05) is 12.1 Å². The van der Waals surface area contributed by atoms with Crippen molar-refractivity contribution in [2.24, 2.45) is 0 Å². The van der Waals surface area contributed by atoms with Crippen molar-refractivity contribution in [2.45, 2.75) is 20.0 Å². The number of nitrogens with one attached hydrogen (secondary N) is 1. The molecule has 2 rings (SSSR count). The van der Waals surface area contributed by atoms with Crippen LogP contribution in [0.3, 0.4) is 0 Å². The Balaban J connectivity index is 2.08. The number of amides is 1. The van der Waals surface area contributed by atoms with Gasteiger partial charge in [-0.3, -0.25) is 14.9 Å². The van der Waals surface area contributed by atoms with Crippen molar-refractivity contribution < 1.29 is 24.0 Å². The summed E-state index contributed by atoms with van der Waals surface area (Å²) in [6, 6.07) is 8.40. The van der Waals surface area contributed by atoms with Gasteiger partial charge in [-0.05, 0) is 37.6 Å². The first-order valence-corrected chi connectivity index (χ1v) is 8.21. The van der Waals surface area contributed by atoms with Gasteiger partial charge in [0.1, 0.15) is 5.75 Å². The Morgan fingerprint density at radius 3 is 2.56 bits per heavy atom. The van der Waals surface area contributed by atoms with Crippen molar-refractivity contribution in [3.05, 3.63) is 62.7 Å². The molecule has 0 heterocycles. The average Bonchev–Trinajstić information content (AvgIpc) is 2.63. The second-order valence-electron chi connectivity index (χ2n) is 5.64. The van der Waals surface area contributed by atoms with Crippen LogP contribution in [0.15, 0.2) is 36.4 Å². The van der Waals surface area contributed by atoms with Crippen LogP contribution in [0.25, 0.3) is 0 Å². The van der Waals surface area contributed by atoms with Gasteiger partial charge in [0.05, 0.1) is 28.3 Å². The Bertz CT molecular complexity index is 899. The van der Waals surface area contributed by atoms with Crippen LogP contribution in [0.5, 0.6) is 5.75 Å². The second kappa shape index (κ2) is 8.50. The normalized spacial score (nSPS) is 11.4. The quantitative estimate of drug-likeness (QED) is 0.455. The first-order chi connectivity index (χ1) is 12.7. The molecule has 2 aromatic rings. The number of rotatable bonds is 6. The summed E-state index contributed by atoms with van der Waals surface area (Å²) in [6.45, 7) is 3.21. The first kappa shape index (κ1) is 20.2. The molecular formula is C18H17ClN2O6. The summed E-state index contributed by atoms with van der Waals surface area (Å²) in [4.78, 5) is 34.7. The van der Waals surface area contributed by atoms with E-state index >= 15 is 0 Å². The molecule has 0 saturated carbocycles. The molecule has 2 aromatic carbocycles. The highest BCUT2D eigenvalue weighted by Gasteiger charge is 2.21. The summed E-state index contributed by atoms with van der Waals surface area (Å²) >= 11 is 5.94. The monoisotopic (exact) mass is 392 g/mol. The van der Waals surface area contributed by atoms with Crippen LogP contribution < -0.4 is 10.1 Å². The summed E-state index contributed by atoms with van der Waals surface area (Å²) in [6.07, 6.45) is -1.15. The van der Waals surface area contributed by atoms with Crippen LogP contribution in [0.1, 0.15) is 22.8 Å². The molecule has 0 aliphatic rings. The number of carbonyl (C=O) groups excluding carboxylic acids is 2. The molecule has 0 bridgehead atoms. The van der Waals surface area contributed by atoms with E-state index in [2.05, 4.69) is 5.32 Å². The largest absolute Gasteiger partial charge is 0.496 e. The Morgan fingerprint density at radius 1 is 1.22 bits per heavy atom. The SMILES string of the molecule is COc1cc(C(=O)OC(C)C(=O)Nc2cc([N+](=O)[O-])ccc2Cl)ccc1C. The maximum absolute atomic E-state index is 12.2. The number of hydrogen-bond donors (Lipinski definition) is 1. The summed E-state index contributed by atoms with van der Waals surface area (Å²) in [7, 11) is 1.48. The lowest BCUT2D eigenvalue weighted by Gasteiger charge is -2.15. The lowest BCUT2D eigenvalue weighted by molar-refractivity contribution is -0.384. The molecule has 0 radical (unpaired) electrons. The predicted molar refractivity (Wildman–Crippen MR) is 99.3 cm³/mol. The van der Waals surface area contributed by atoms with Crippen molar-refractivity contribution in [2.75, 3.05) is 12.4 Å². The zero-order chi connectivity index (χ0) is 20.1. The minimum absolute atomic E-state index is 0.0516. The molecule has 1 N–H and O–H groups in total. The van der Waals surface area contributed by atoms with E-state index in [-0.39, 0.29) is 22.0 Å². The number of ether oxygens (including phenoxy) is 2. The maximum Gasteiger partial charge on any atom is 0.339 e. The average molecular weight is 393 g/mol. The molecule has 27 heavy (non-hydrogen) atoms. The standard InChI is InChI=1S/C18H17ClN2O6/c1-10-4-5-12(8-16(10)26-3)18(23)27-11(2)17(22)20-15-9-13(21(24)25)6-7-14(15)19/h4-9,11H,1-3H3,(H,20,22). The van der Waals surface area contributed by atoms with Crippen LogP contribution in [0, 0.1) is 17.0 Å². The number of hydrogen-bond acceptors (Lipinski definition) is 6. The van der Waals surface area contributed by atoms with Gasteiger partial charge in [-0.1, -0.05) is 17.7 Å². The van der Waals surface area contributed by atoms with Gasteiger partial charge in [-0.2, -0.15) is 0 Å². The number of nitro groups is 1. The van der Waals surface area contributed by atoms with E-state index in [9.17, 15) is 19.7 Å². The van der Waals surface area contributed by atoms with E-state index in [0.717, 1.165) is 11.6 Å². The van der Waals surface area contributed by atoms with Gasteiger partial charge in [0.25, 0.3) is 11.6 Å². The minimum atomic E-state index is -1.15. The molecule has 9 heteroatoms. The molecule has 8 nitrogen and oxygen atoms in total. The Kier molecular flexibility index (Phi) is 6.36. The van der Waals surface area contributed by atoms with E-state index in [1.165, 1.54) is 32.2 Å². The van der Waals surface area contributed by atoms with Crippen molar-refractivity contribution >= 4 is 34.9 Å². The van der Waals surface area contributed by atoms with E-state index in [0.29, 0.717) is 5.75 Å². The Labute approximate surface area is 160 Å². The number of esters is 1. The van der Waals surface area contributed by atoms with Gasteiger partial charge >= 0.3 is 5.97 Å². The van der Waals surface area contributed by atoms with Crippen LogP contribution >= 0.6 is 11.6 Å². The van der Waals surface area contributed by atoms with Gasteiger partial charge in [0.2, 0.25) is 0 Å². The van der Waals surface area contributed by atoms with Crippen LogP contribution in [0.4, 0.5) is 11.4 Å². The van der Waals surface area contributed by atoms with Gasteiger partial charge in [0.15, 0.2) is 6.10 Å². The maximum atomic E-state index is 12.2. The predicted octanol–water partition coefficient (Wildman–Crippen LogP) is 3.75. The molecule has 1 unspecified atom stereocenters. The lowest BCUT2D eigenvalue weighted by Crippen LogP contribution is -2.30. The zero-order valence-electron chi connectivity index (χ0n) is 14.8. The van der Waals surface area contributed by atoms with Crippen molar-refractivity contribution in [1.82, 2.24) is 0 Å². The number of halogens is 1. The van der Waals surface area contributed by atoms with Gasteiger partial charge in [-0.25, -0.2) is 4.79 Å². The summed E-state index contributed by atoms with van der Waals surface area (Å²) < 4.78 is 10.3. The zero-order valence-corrected chi connectivity index (χ0v) is 15.6. The highest BCUT2D eigenvalue weighted by molar-refractivity contribution is 6.33. The first-order valence-electron chi connectivity index (χ1n) is 7.83. The van der Waals surface area contributed by atoms with Gasteiger partial charge in [-0.15, -0.1) is 0 Å². The third kappa shape index (κ3) is 4.95. The smallest absolute Gasteiger partial charge is 0.339 e. The van der Waals surface area contributed by atoms with E-state index in [4.69, 9.17) is 21.1 Å². The van der Waals surface area contributed by atoms with Crippen molar-refractivity contribution in [3.8, 4) is 5.75 Å². The fourth-order valence-electron chi connectivity index (χ4n) is 2.19. The Morgan fingerprint density at radius 2 is 1.93 bits per heavy atom. The highest BCUT2D eigenvalue weighted by atomic mass is 35.5. The lowest BCUT2D eigenvalue weighted by atomic mass is 10.1. The summed E-state index contributed by atoms with van der Waals surface area (Å²) in [5.41, 5.74) is 0.896. The van der Waals surface area contributed by atoms with E-state index < -0.39 is 22.9 Å². The molecule has 0 fully saturated rings. The number of methoxy groups -OCH3 is 1. The van der Waals surface area contributed by atoms with Crippen LogP contribution in [-0.4, -0.2) is 30.0 Å². The fraction of sp³-hybridized carbons (Fsp3) is 0.222. The molecule has 1 atom stereocenters. The molecular weight excluding hydrogens is 376 g/mol. The second-order valence-corrected chi connectivity index (χ2v) is 6.05. The molecule has 0 aliphatic carbocycles. The Hall–Kier alpha value is -3.13. The van der Waals surface area contributed by atoms with E-state index in [1.54, 1.807) is 12.1 Å². The third-order valence-corrected chi connectivity index (χ3v) is 4.05. The fourth-order valence-corrected chi connectivity index (χ4v) is 2.35. The number of anilines is 1. The highest BCUT2D eigenvalue weighted by Crippen LogP contribution is 2.27. The molecule has 142 valence electrons. The van der Waals surface area contributed by atoms with E-state index in [1.807, 2.05) is 6.92 Å². The number of aryl methyl sites for hydroxylation is 1. The number of nitrogens with zero attached hydrogens (tertiary/aromatic N) is 1. The van der Waals surface area contributed by atoms with Crippen LogP contribution in [-0.2, 0) is 9.53 Å². The van der Waals surface area contributed by atoms with Crippen molar-refractivity contribution in [3.63, 3.8) is 0 Å². The molecule has 0 aromatic heterocycles. The minimum Gasteiger partial charge on any atom is -0.496 e. The number of carbonyl (C=O) groups is 2. The number of non-ortho nitro benzene ring substituents is 1.